The van der Waals surface area contributed by atoms with Crippen LogP contribution in [0.1, 0.15) is 27.2 Å². The molecule has 0 bridgehead atoms. The standard InChI is InChI=1S/C13H24N2O2/c1-5-8-15(10-13(17)14-4)9-6-7-12(16)11(2)3/h6-7,11H,5,8-10H2,1-4H3,(H,14,17)/b7-6+. The summed E-state index contributed by atoms with van der Waals surface area (Å²) < 4.78 is 0. The third-order valence-electron chi connectivity index (χ3n) is 2.40. The highest BCUT2D eigenvalue weighted by atomic mass is 16.2. The molecule has 0 aliphatic rings. The van der Waals surface area contributed by atoms with Gasteiger partial charge in [-0.1, -0.05) is 26.8 Å². The molecule has 0 aliphatic carbocycles. The number of allylic oxidation sites excluding steroid dienone is 1. The number of nitrogens with zero attached hydrogens (tertiary/aromatic N) is 1. The zero-order valence-corrected chi connectivity index (χ0v) is 11.3. The number of rotatable bonds is 8. The summed E-state index contributed by atoms with van der Waals surface area (Å²) in [5.74, 6) is 0.160. The van der Waals surface area contributed by atoms with Crippen LogP contribution >= 0.6 is 0 Å². The second kappa shape index (κ2) is 8.93. The smallest absolute Gasteiger partial charge is 0.233 e. The first-order valence-electron chi connectivity index (χ1n) is 6.14. The van der Waals surface area contributed by atoms with Crippen molar-refractivity contribution in [3.8, 4) is 0 Å². The average Bonchev–Trinajstić information content (AvgIpc) is 2.28. The fourth-order valence-electron chi connectivity index (χ4n) is 1.34. The minimum absolute atomic E-state index is 0.00189. The Bertz CT molecular complexity index is 273. The number of nitrogens with one attached hydrogen (secondary N) is 1. The molecule has 0 aliphatic heterocycles. The fraction of sp³-hybridized carbons (Fsp3) is 0.692. The predicted octanol–water partition coefficient (Wildman–Crippen LogP) is 1.23. The van der Waals surface area contributed by atoms with Crippen LogP contribution in [0.2, 0.25) is 0 Å². The van der Waals surface area contributed by atoms with E-state index in [1.165, 1.54) is 0 Å². The molecular weight excluding hydrogens is 216 g/mol. The zero-order chi connectivity index (χ0) is 13.3. The van der Waals surface area contributed by atoms with Crippen molar-refractivity contribution >= 4 is 11.7 Å². The molecule has 0 heterocycles. The molecule has 0 fully saturated rings. The molecule has 0 saturated carbocycles. The SMILES string of the molecule is CCCN(C/C=C/C(=O)C(C)C)CC(=O)NC. The van der Waals surface area contributed by atoms with E-state index in [1.54, 1.807) is 13.1 Å². The van der Waals surface area contributed by atoms with Crippen LogP contribution in [0, 0.1) is 5.92 Å². The maximum absolute atomic E-state index is 11.4. The van der Waals surface area contributed by atoms with Crippen LogP contribution in [0.5, 0.6) is 0 Å². The minimum Gasteiger partial charge on any atom is -0.358 e. The molecule has 1 amide bonds. The van der Waals surface area contributed by atoms with E-state index in [9.17, 15) is 9.59 Å². The number of hydrogen-bond donors (Lipinski definition) is 1. The zero-order valence-electron chi connectivity index (χ0n) is 11.3. The van der Waals surface area contributed by atoms with Crippen LogP contribution in [0.15, 0.2) is 12.2 Å². The topological polar surface area (TPSA) is 49.4 Å². The molecule has 0 spiro atoms. The minimum atomic E-state index is 0.00189. The van der Waals surface area contributed by atoms with Gasteiger partial charge in [0.1, 0.15) is 0 Å². The van der Waals surface area contributed by atoms with Crippen LogP contribution in [-0.2, 0) is 9.59 Å². The van der Waals surface area contributed by atoms with Crippen molar-refractivity contribution in [2.75, 3.05) is 26.7 Å². The Balaban J connectivity index is 4.16. The number of carbonyl (C=O) groups is 2. The lowest BCUT2D eigenvalue weighted by molar-refractivity contribution is -0.121. The van der Waals surface area contributed by atoms with E-state index in [2.05, 4.69) is 12.2 Å². The van der Waals surface area contributed by atoms with Crippen molar-refractivity contribution in [1.29, 1.82) is 0 Å². The molecule has 0 aromatic heterocycles. The van der Waals surface area contributed by atoms with E-state index in [-0.39, 0.29) is 17.6 Å². The van der Waals surface area contributed by atoms with Crippen molar-refractivity contribution in [2.24, 2.45) is 5.92 Å². The van der Waals surface area contributed by atoms with Gasteiger partial charge in [0.05, 0.1) is 6.54 Å². The van der Waals surface area contributed by atoms with Crippen LogP contribution in [0.25, 0.3) is 0 Å². The van der Waals surface area contributed by atoms with E-state index in [4.69, 9.17) is 0 Å². The van der Waals surface area contributed by atoms with Gasteiger partial charge in [-0.15, -0.1) is 0 Å². The highest BCUT2D eigenvalue weighted by molar-refractivity contribution is 5.91. The third-order valence-corrected chi connectivity index (χ3v) is 2.40. The van der Waals surface area contributed by atoms with E-state index < -0.39 is 0 Å². The third kappa shape index (κ3) is 7.69. The quantitative estimate of drug-likeness (QED) is 0.649. The van der Waals surface area contributed by atoms with Gasteiger partial charge in [-0.3, -0.25) is 14.5 Å². The van der Waals surface area contributed by atoms with E-state index in [0.29, 0.717) is 13.1 Å². The molecule has 0 aromatic carbocycles. The van der Waals surface area contributed by atoms with Crippen molar-refractivity contribution < 1.29 is 9.59 Å². The molecule has 0 saturated heterocycles. The van der Waals surface area contributed by atoms with Gasteiger partial charge < -0.3 is 5.32 Å². The van der Waals surface area contributed by atoms with Gasteiger partial charge >= 0.3 is 0 Å². The monoisotopic (exact) mass is 240 g/mol. The van der Waals surface area contributed by atoms with Gasteiger partial charge in [-0.2, -0.15) is 0 Å². The van der Waals surface area contributed by atoms with Crippen LogP contribution in [0.3, 0.4) is 0 Å². The lowest BCUT2D eigenvalue weighted by Gasteiger charge is -2.18. The summed E-state index contributed by atoms with van der Waals surface area (Å²) in [4.78, 5) is 24.7. The Morgan fingerprint density at radius 3 is 2.47 bits per heavy atom. The molecule has 0 atom stereocenters. The van der Waals surface area contributed by atoms with E-state index in [0.717, 1.165) is 13.0 Å². The van der Waals surface area contributed by atoms with Gasteiger partial charge in [0.15, 0.2) is 5.78 Å². The summed E-state index contributed by atoms with van der Waals surface area (Å²) >= 11 is 0. The van der Waals surface area contributed by atoms with E-state index >= 15 is 0 Å². The number of carbonyl (C=O) groups excluding carboxylic acids is 2. The Hall–Kier alpha value is -1.16. The van der Waals surface area contributed by atoms with Gasteiger partial charge in [-0.05, 0) is 19.0 Å². The molecule has 0 aromatic rings. The maximum Gasteiger partial charge on any atom is 0.233 e. The lowest BCUT2D eigenvalue weighted by atomic mass is 10.1. The fourth-order valence-corrected chi connectivity index (χ4v) is 1.34. The molecule has 1 N–H and O–H groups in total. The Kier molecular flexibility index (Phi) is 8.32. The van der Waals surface area contributed by atoms with Crippen LogP contribution < -0.4 is 5.32 Å². The summed E-state index contributed by atoms with van der Waals surface area (Å²) in [6.07, 6.45) is 4.43. The average molecular weight is 240 g/mol. The van der Waals surface area contributed by atoms with Crippen molar-refractivity contribution in [2.45, 2.75) is 27.2 Å². The van der Waals surface area contributed by atoms with E-state index in [1.807, 2.05) is 24.8 Å². The predicted molar refractivity (Wildman–Crippen MR) is 69.8 cm³/mol. The Morgan fingerprint density at radius 1 is 1.35 bits per heavy atom. The molecule has 0 unspecified atom stereocenters. The highest BCUT2D eigenvalue weighted by Gasteiger charge is 2.07. The second-order valence-electron chi connectivity index (χ2n) is 4.37. The summed E-state index contributed by atoms with van der Waals surface area (Å²) in [6.45, 7) is 7.69. The van der Waals surface area contributed by atoms with Gasteiger partial charge in [0.2, 0.25) is 5.91 Å². The number of amides is 1. The second-order valence-corrected chi connectivity index (χ2v) is 4.37. The van der Waals surface area contributed by atoms with Crippen LogP contribution in [-0.4, -0.2) is 43.3 Å². The first-order valence-corrected chi connectivity index (χ1v) is 6.14. The van der Waals surface area contributed by atoms with Crippen molar-refractivity contribution in [3.63, 3.8) is 0 Å². The number of hydrogen-bond acceptors (Lipinski definition) is 3. The molecular formula is C13H24N2O2. The first kappa shape index (κ1) is 15.8. The largest absolute Gasteiger partial charge is 0.358 e. The molecule has 17 heavy (non-hydrogen) atoms. The summed E-state index contributed by atoms with van der Waals surface area (Å²) in [5, 5.41) is 2.60. The van der Waals surface area contributed by atoms with Gasteiger partial charge in [0.25, 0.3) is 0 Å². The molecule has 0 rings (SSSR count). The molecule has 4 nitrogen and oxygen atoms in total. The van der Waals surface area contributed by atoms with Crippen molar-refractivity contribution in [1.82, 2.24) is 10.2 Å². The lowest BCUT2D eigenvalue weighted by Crippen LogP contribution is -2.36. The summed E-state index contributed by atoms with van der Waals surface area (Å²) in [5.41, 5.74) is 0. The first-order chi connectivity index (χ1) is 8.01. The van der Waals surface area contributed by atoms with Gasteiger partial charge in [-0.25, -0.2) is 0 Å². The normalized spacial score (nSPS) is 11.4. The molecule has 4 heteroatoms. The number of likely N-dealkylation sites (N-methyl/N-ethyl adjacent to an activating group) is 1. The maximum atomic E-state index is 11.4. The Morgan fingerprint density at radius 2 is 2.00 bits per heavy atom. The molecule has 0 radical (unpaired) electrons. The summed E-state index contributed by atoms with van der Waals surface area (Å²) in [7, 11) is 1.63. The summed E-state index contributed by atoms with van der Waals surface area (Å²) in [6, 6.07) is 0. The highest BCUT2D eigenvalue weighted by Crippen LogP contribution is 1.97. The van der Waals surface area contributed by atoms with Crippen LogP contribution in [0.4, 0.5) is 0 Å². The van der Waals surface area contributed by atoms with Crippen molar-refractivity contribution in [3.05, 3.63) is 12.2 Å². The van der Waals surface area contributed by atoms with Gasteiger partial charge in [0, 0.05) is 19.5 Å². The number of ketones is 1. The molecule has 98 valence electrons. The Labute approximate surface area is 104 Å².